The predicted molar refractivity (Wildman–Crippen MR) is 113 cm³/mol. The number of hydrogen-bond donors (Lipinski definition) is 1. The topological polar surface area (TPSA) is 93.5 Å². The molecule has 1 aliphatic rings. The number of aromatic nitrogens is 2. The minimum atomic E-state index is -0.447. The summed E-state index contributed by atoms with van der Waals surface area (Å²) in [5.41, 5.74) is 4.63. The first kappa shape index (κ1) is 19.9. The predicted octanol–water partition coefficient (Wildman–Crippen LogP) is 3.95. The summed E-state index contributed by atoms with van der Waals surface area (Å²) >= 11 is 0. The number of nitrogens with zero attached hydrogens (tertiary/aromatic N) is 3. The van der Waals surface area contributed by atoms with E-state index in [4.69, 9.17) is 9.47 Å². The van der Waals surface area contributed by atoms with Crippen LogP contribution in [0.15, 0.2) is 42.5 Å². The Kier molecular flexibility index (Phi) is 5.67. The van der Waals surface area contributed by atoms with Crippen LogP contribution >= 0.6 is 0 Å². The van der Waals surface area contributed by atoms with Crippen molar-refractivity contribution < 1.29 is 14.4 Å². The highest BCUT2D eigenvalue weighted by Gasteiger charge is 2.27. The van der Waals surface area contributed by atoms with Crippen molar-refractivity contribution in [2.45, 2.75) is 26.4 Å². The van der Waals surface area contributed by atoms with E-state index in [-0.39, 0.29) is 11.4 Å². The molecule has 0 amide bonds. The molecule has 0 fully saturated rings. The van der Waals surface area contributed by atoms with E-state index < -0.39 is 4.92 Å². The van der Waals surface area contributed by atoms with Gasteiger partial charge in [0.1, 0.15) is 0 Å². The Hall–Kier alpha value is -3.39. The molecule has 0 atom stereocenters. The second-order valence-electron chi connectivity index (χ2n) is 7.19. The van der Waals surface area contributed by atoms with Gasteiger partial charge in [0.05, 0.1) is 24.3 Å². The van der Waals surface area contributed by atoms with Crippen molar-refractivity contribution in [1.29, 1.82) is 0 Å². The van der Waals surface area contributed by atoms with Gasteiger partial charge in [0.15, 0.2) is 5.75 Å². The molecule has 1 aliphatic heterocycles. The number of nitro groups is 1. The second kappa shape index (κ2) is 8.54. The summed E-state index contributed by atoms with van der Waals surface area (Å²) in [7, 11) is 1.48. The number of aromatic amines is 1. The maximum Gasteiger partial charge on any atom is 0.315 e. The molecule has 1 aromatic heterocycles. The third kappa shape index (κ3) is 3.86. The van der Waals surface area contributed by atoms with Crippen LogP contribution in [0.25, 0.3) is 11.3 Å². The lowest BCUT2D eigenvalue weighted by Gasteiger charge is -2.27. The van der Waals surface area contributed by atoms with E-state index in [1.807, 2.05) is 18.2 Å². The van der Waals surface area contributed by atoms with Gasteiger partial charge in [0.2, 0.25) is 5.75 Å². The van der Waals surface area contributed by atoms with Crippen molar-refractivity contribution >= 4 is 5.69 Å². The van der Waals surface area contributed by atoms with Gasteiger partial charge < -0.3 is 9.47 Å². The lowest BCUT2D eigenvalue weighted by Crippen LogP contribution is -2.29. The number of rotatable bonds is 7. The molecule has 3 aromatic rings. The van der Waals surface area contributed by atoms with Gasteiger partial charge in [-0.2, -0.15) is 5.10 Å². The van der Waals surface area contributed by atoms with Crippen molar-refractivity contribution in [3.8, 4) is 22.8 Å². The van der Waals surface area contributed by atoms with Gasteiger partial charge in [-0.25, -0.2) is 0 Å². The minimum absolute atomic E-state index is 0.125. The van der Waals surface area contributed by atoms with E-state index in [9.17, 15) is 10.1 Å². The van der Waals surface area contributed by atoms with Gasteiger partial charge in [-0.1, -0.05) is 30.3 Å². The molecule has 4 rings (SSSR count). The van der Waals surface area contributed by atoms with Crippen LogP contribution < -0.4 is 9.47 Å². The van der Waals surface area contributed by atoms with Gasteiger partial charge in [-0.15, -0.1) is 0 Å². The molecular formula is C22H24N4O4. The van der Waals surface area contributed by atoms with E-state index in [1.54, 1.807) is 13.0 Å². The number of nitrogens with one attached hydrogen (secondary N) is 1. The normalized spacial score (nSPS) is 13.7. The molecule has 156 valence electrons. The number of methoxy groups -OCH3 is 1. The van der Waals surface area contributed by atoms with Crippen LogP contribution in [0.1, 0.15) is 23.7 Å². The SMILES string of the molecule is CCOc1c(OC)cc(-c2n[nH]c3c2CN(Cc2ccccc2)CC3)cc1[N+](=O)[O-]. The Morgan fingerprint density at radius 2 is 2.07 bits per heavy atom. The standard InChI is InChI=1S/C22H24N4O4/c1-3-30-22-19(26(27)28)11-16(12-20(22)29-2)21-17-14-25(10-9-18(17)23-24-21)13-15-7-5-4-6-8-15/h4-8,11-12H,3,9-10,13-14H2,1-2H3,(H,23,24). The largest absolute Gasteiger partial charge is 0.493 e. The molecule has 0 aliphatic carbocycles. The molecule has 2 aromatic carbocycles. The highest BCUT2D eigenvalue weighted by atomic mass is 16.6. The fourth-order valence-corrected chi connectivity index (χ4v) is 3.87. The molecule has 0 saturated carbocycles. The average Bonchev–Trinajstić information content (AvgIpc) is 3.18. The van der Waals surface area contributed by atoms with E-state index >= 15 is 0 Å². The molecule has 0 radical (unpaired) electrons. The average molecular weight is 408 g/mol. The number of ether oxygens (including phenoxy) is 2. The van der Waals surface area contributed by atoms with Crippen LogP contribution in [-0.2, 0) is 19.5 Å². The minimum Gasteiger partial charge on any atom is -0.493 e. The van der Waals surface area contributed by atoms with E-state index in [1.165, 1.54) is 18.7 Å². The molecule has 0 saturated heterocycles. The van der Waals surface area contributed by atoms with Crippen molar-refractivity contribution in [3.63, 3.8) is 0 Å². The highest BCUT2D eigenvalue weighted by Crippen LogP contribution is 2.42. The molecule has 8 heteroatoms. The number of benzene rings is 2. The molecule has 30 heavy (non-hydrogen) atoms. The number of hydrogen-bond acceptors (Lipinski definition) is 6. The smallest absolute Gasteiger partial charge is 0.315 e. The van der Waals surface area contributed by atoms with Crippen LogP contribution in [0.2, 0.25) is 0 Å². The first-order valence-corrected chi connectivity index (χ1v) is 9.92. The number of H-pyrrole nitrogens is 1. The summed E-state index contributed by atoms with van der Waals surface area (Å²) < 4.78 is 10.9. The Balaban J connectivity index is 1.69. The molecule has 0 spiro atoms. The van der Waals surface area contributed by atoms with Crippen molar-refractivity contribution in [2.75, 3.05) is 20.3 Å². The van der Waals surface area contributed by atoms with Gasteiger partial charge in [0.25, 0.3) is 0 Å². The first-order chi connectivity index (χ1) is 14.6. The first-order valence-electron chi connectivity index (χ1n) is 9.92. The summed E-state index contributed by atoms with van der Waals surface area (Å²) in [6, 6.07) is 13.6. The van der Waals surface area contributed by atoms with Crippen LogP contribution in [0, 0.1) is 10.1 Å². The lowest BCUT2D eigenvalue weighted by atomic mass is 9.99. The quantitative estimate of drug-likeness (QED) is 0.470. The molecule has 2 heterocycles. The summed E-state index contributed by atoms with van der Waals surface area (Å²) in [5.74, 6) is 0.471. The van der Waals surface area contributed by atoms with Crippen LogP contribution in [-0.4, -0.2) is 40.3 Å². The third-order valence-electron chi connectivity index (χ3n) is 5.28. The second-order valence-corrected chi connectivity index (χ2v) is 7.19. The van der Waals surface area contributed by atoms with Crippen LogP contribution in [0.3, 0.4) is 0 Å². The lowest BCUT2D eigenvalue weighted by molar-refractivity contribution is -0.385. The fraction of sp³-hybridized carbons (Fsp3) is 0.318. The van der Waals surface area contributed by atoms with Crippen molar-refractivity contribution in [1.82, 2.24) is 15.1 Å². The summed E-state index contributed by atoms with van der Waals surface area (Å²) in [6.45, 7) is 4.58. The van der Waals surface area contributed by atoms with Crippen molar-refractivity contribution in [2.24, 2.45) is 0 Å². The molecular weight excluding hydrogens is 384 g/mol. The zero-order chi connectivity index (χ0) is 21.1. The maximum absolute atomic E-state index is 11.7. The van der Waals surface area contributed by atoms with E-state index in [0.717, 1.165) is 37.3 Å². The van der Waals surface area contributed by atoms with Crippen LogP contribution in [0.4, 0.5) is 5.69 Å². The van der Waals surface area contributed by atoms with Gasteiger partial charge in [0, 0.05) is 48.9 Å². The fourth-order valence-electron chi connectivity index (χ4n) is 3.87. The Morgan fingerprint density at radius 1 is 1.27 bits per heavy atom. The highest BCUT2D eigenvalue weighted by molar-refractivity contribution is 5.73. The Bertz CT molecular complexity index is 1050. The summed E-state index contributed by atoms with van der Waals surface area (Å²) in [5, 5.41) is 19.3. The summed E-state index contributed by atoms with van der Waals surface area (Å²) in [6.07, 6.45) is 0.853. The molecule has 0 unspecified atom stereocenters. The van der Waals surface area contributed by atoms with E-state index in [0.29, 0.717) is 23.6 Å². The van der Waals surface area contributed by atoms with Crippen LogP contribution in [0.5, 0.6) is 11.5 Å². The number of fused-ring (bicyclic) bond motifs is 1. The molecule has 0 bridgehead atoms. The monoisotopic (exact) mass is 408 g/mol. The molecule has 8 nitrogen and oxygen atoms in total. The summed E-state index contributed by atoms with van der Waals surface area (Å²) in [4.78, 5) is 13.6. The van der Waals surface area contributed by atoms with E-state index in [2.05, 4.69) is 27.2 Å². The zero-order valence-electron chi connectivity index (χ0n) is 17.1. The van der Waals surface area contributed by atoms with Gasteiger partial charge in [-0.05, 0) is 18.6 Å². The maximum atomic E-state index is 11.7. The number of nitro benzene ring substituents is 1. The van der Waals surface area contributed by atoms with Gasteiger partial charge in [-0.3, -0.25) is 20.1 Å². The Morgan fingerprint density at radius 3 is 2.77 bits per heavy atom. The Labute approximate surface area is 174 Å². The zero-order valence-corrected chi connectivity index (χ0v) is 17.1. The van der Waals surface area contributed by atoms with Gasteiger partial charge >= 0.3 is 5.69 Å². The van der Waals surface area contributed by atoms with Crippen molar-refractivity contribution in [3.05, 3.63) is 69.4 Å². The third-order valence-corrected chi connectivity index (χ3v) is 5.28. The molecule has 1 N–H and O–H groups in total.